The minimum atomic E-state index is -1.40. The molecule has 3 atom stereocenters. The molecule has 0 aromatic heterocycles. The molecule has 0 heterocycles. The zero-order valence-electron chi connectivity index (χ0n) is 14.7. The number of primary amides is 1. The number of carbonyl (C=O) groups excluding carboxylic acids is 3. The van der Waals surface area contributed by atoms with E-state index in [1.807, 2.05) is 0 Å². The van der Waals surface area contributed by atoms with Gasteiger partial charge in [0.15, 0.2) is 0 Å². The molecule has 0 spiro atoms. The minimum absolute atomic E-state index is 0.222. The second-order valence-electron chi connectivity index (χ2n) is 6.17. The van der Waals surface area contributed by atoms with Crippen molar-refractivity contribution in [1.29, 1.82) is 0 Å². The Kier molecular flexibility index (Phi) is 9.89. The highest BCUT2D eigenvalue weighted by atomic mass is 16.4. The van der Waals surface area contributed by atoms with Crippen LogP contribution in [0.15, 0.2) is 0 Å². The van der Waals surface area contributed by atoms with E-state index in [4.69, 9.17) is 21.7 Å². The fraction of sp³-hybridized carbons (Fsp3) is 0.667. The van der Waals surface area contributed by atoms with Gasteiger partial charge in [0.2, 0.25) is 17.7 Å². The van der Waals surface area contributed by atoms with E-state index in [9.17, 15) is 24.0 Å². The number of nitrogens with two attached hydrogens (primary N) is 2. The van der Waals surface area contributed by atoms with E-state index < -0.39 is 54.2 Å². The zero-order chi connectivity index (χ0) is 20.4. The molecule has 0 radical (unpaired) electrons. The molecule has 148 valence electrons. The quantitative estimate of drug-likeness (QED) is 0.228. The van der Waals surface area contributed by atoms with Gasteiger partial charge in [-0.2, -0.15) is 0 Å². The van der Waals surface area contributed by atoms with Crippen LogP contribution in [0.3, 0.4) is 0 Å². The highest BCUT2D eigenvalue weighted by Gasteiger charge is 2.29. The van der Waals surface area contributed by atoms with Gasteiger partial charge in [0, 0.05) is 12.8 Å². The molecule has 0 bridgehead atoms. The number of carboxylic acid groups (broad SMARTS) is 2. The molecular weight excluding hydrogens is 348 g/mol. The third-order valence-electron chi connectivity index (χ3n) is 3.59. The van der Waals surface area contributed by atoms with Gasteiger partial charge in [-0.1, -0.05) is 13.8 Å². The summed E-state index contributed by atoms with van der Waals surface area (Å²) in [6.45, 7) is 3.39. The first-order valence-corrected chi connectivity index (χ1v) is 8.04. The van der Waals surface area contributed by atoms with E-state index in [1.54, 1.807) is 13.8 Å². The van der Waals surface area contributed by atoms with Crippen molar-refractivity contribution >= 4 is 29.7 Å². The lowest BCUT2D eigenvalue weighted by Gasteiger charge is -2.23. The lowest BCUT2D eigenvalue weighted by molar-refractivity contribution is -0.143. The van der Waals surface area contributed by atoms with Crippen LogP contribution in [-0.2, 0) is 24.0 Å². The molecule has 0 aliphatic carbocycles. The van der Waals surface area contributed by atoms with Gasteiger partial charge in [0.05, 0.1) is 6.04 Å². The van der Waals surface area contributed by atoms with Crippen molar-refractivity contribution in [2.75, 3.05) is 0 Å². The van der Waals surface area contributed by atoms with Crippen molar-refractivity contribution < 1.29 is 34.2 Å². The summed E-state index contributed by atoms with van der Waals surface area (Å²) < 4.78 is 0. The summed E-state index contributed by atoms with van der Waals surface area (Å²) in [5, 5.41) is 22.4. The molecule has 11 nitrogen and oxygen atoms in total. The van der Waals surface area contributed by atoms with Gasteiger partial charge >= 0.3 is 11.9 Å². The van der Waals surface area contributed by atoms with Gasteiger partial charge in [0.25, 0.3) is 0 Å². The summed E-state index contributed by atoms with van der Waals surface area (Å²) in [4.78, 5) is 57.1. The molecule has 0 saturated heterocycles. The van der Waals surface area contributed by atoms with Crippen LogP contribution < -0.4 is 22.1 Å². The molecule has 0 unspecified atom stereocenters. The van der Waals surface area contributed by atoms with Crippen LogP contribution in [0, 0.1) is 5.92 Å². The number of nitrogens with one attached hydrogen (secondary N) is 2. The van der Waals surface area contributed by atoms with E-state index in [2.05, 4.69) is 10.6 Å². The standard InChI is InChI=1S/C15H26N4O7/c1-7(2)12(17)14(24)18-8(4-6-11(21)22)13(23)19-9(15(25)26)3-5-10(16)20/h7-9,12H,3-6,17H2,1-2H3,(H2,16,20)(H,18,24)(H,19,23)(H,21,22)(H,25,26)/t8-,9-,12-/m0/s1. The predicted molar refractivity (Wildman–Crippen MR) is 89.6 cm³/mol. The maximum Gasteiger partial charge on any atom is 0.326 e. The van der Waals surface area contributed by atoms with Gasteiger partial charge in [0.1, 0.15) is 12.1 Å². The number of aliphatic carboxylic acids is 2. The van der Waals surface area contributed by atoms with Crippen LogP contribution in [0.4, 0.5) is 0 Å². The zero-order valence-corrected chi connectivity index (χ0v) is 14.7. The average Bonchev–Trinajstić information content (AvgIpc) is 2.53. The Bertz CT molecular complexity index is 550. The Hall–Kier alpha value is -2.69. The van der Waals surface area contributed by atoms with Gasteiger partial charge < -0.3 is 32.3 Å². The normalized spacial score (nSPS) is 14.2. The van der Waals surface area contributed by atoms with Crippen molar-refractivity contribution in [3.63, 3.8) is 0 Å². The first-order valence-electron chi connectivity index (χ1n) is 8.04. The fourth-order valence-corrected chi connectivity index (χ4v) is 1.92. The van der Waals surface area contributed by atoms with Crippen LogP contribution >= 0.6 is 0 Å². The smallest absolute Gasteiger partial charge is 0.326 e. The summed E-state index contributed by atoms with van der Waals surface area (Å²) in [5.74, 6) is -5.07. The molecule has 0 rings (SSSR count). The van der Waals surface area contributed by atoms with Crippen LogP contribution in [0.2, 0.25) is 0 Å². The Morgan fingerprint density at radius 2 is 1.38 bits per heavy atom. The van der Waals surface area contributed by atoms with Crippen molar-refractivity contribution in [2.24, 2.45) is 17.4 Å². The van der Waals surface area contributed by atoms with Crippen LogP contribution in [0.5, 0.6) is 0 Å². The monoisotopic (exact) mass is 374 g/mol. The highest BCUT2D eigenvalue weighted by Crippen LogP contribution is 2.05. The topological polar surface area (TPSA) is 202 Å². The molecule has 0 saturated carbocycles. The minimum Gasteiger partial charge on any atom is -0.481 e. The van der Waals surface area contributed by atoms with E-state index in [1.165, 1.54) is 0 Å². The second kappa shape index (κ2) is 11.0. The molecule has 26 heavy (non-hydrogen) atoms. The lowest BCUT2D eigenvalue weighted by Crippen LogP contribution is -2.55. The number of hydrogen-bond acceptors (Lipinski definition) is 6. The number of rotatable bonds is 12. The van der Waals surface area contributed by atoms with Crippen molar-refractivity contribution in [1.82, 2.24) is 10.6 Å². The van der Waals surface area contributed by atoms with Gasteiger partial charge in [-0.15, -0.1) is 0 Å². The average molecular weight is 374 g/mol. The fourth-order valence-electron chi connectivity index (χ4n) is 1.92. The third-order valence-corrected chi connectivity index (χ3v) is 3.59. The van der Waals surface area contributed by atoms with Gasteiger partial charge in [-0.25, -0.2) is 4.79 Å². The largest absolute Gasteiger partial charge is 0.481 e. The maximum atomic E-state index is 12.3. The lowest BCUT2D eigenvalue weighted by atomic mass is 10.0. The molecule has 0 aromatic carbocycles. The Labute approximate surface area is 150 Å². The molecule has 8 N–H and O–H groups in total. The predicted octanol–water partition coefficient (Wildman–Crippen LogP) is -1.85. The van der Waals surface area contributed by atoms with Crippen LogP contribution in [0.25, 0.3) is 0 Å². The van der Waals surface area contributed by atoms with E-state index in [-0.39, 0.29) is 25.2 Å². The Morgan fingerprint density at radius 3 is 1.81 bits per heavy atom. The molecular formula is C15H26N4O7. The second-order valence-corrected chi connectivity index (χ2v) is 6.17. The number of carboxylic acids is 2. The first kappa shape index (κ1) is 23.3. The van der Waals surface area contributed by atoms with Crippen LogP contribution in [0.1, 0.15) is 39.5 Å². The molecule has 0 aliphatic heterocycles. The van der Waals surface area contributed by atoms with Crippen molar-refractivity contribution in [2.45, 2.75) is 57.7 Å². The van der Waals surface area contributed by atoms with Crippen molar-refractivity contribution in [3.05, 3.63) is 0 Å². The van der Waals surface area contributed by atoms with Crippen molar-refractivity contribution in [3.8, 4) is 0 Å². The Balaban J connectivity index is 5.11. The molecule has 3 amide bonds. The third kappa shape index (κ3) is 8.97. The SMILES string of the molecule is CC(C)[C@H](N)C(=O)N[C@@H](CCC(=O)O)C(=O)N[C@@H](CCC(N)=O)C(=O)O. The molecule has 0 fully saturated rings. The van der Waals surface area contributed by atoms with Gasteiger partial charge in [-0.05, 0) is 18.8 Å². The molecule has 0 aliphatic rings. The summed E-state index contributed by atoms with van der Waals surface area (Å²) in [6.07, 6.45) is -1.17. The van der Waals surface area contributed by atoms with E-state index in [0.717, 1.165) is 0 Å². The number of carbonyl (C=O) groups is 5. The van der Waals surface area contributed by atoms with Crippen LogP contribution in [-0.4, -0.2) is 58.0 Å². The van der Waals surface area contributed by atoms with Gasteiger partial charge in [-0.3, -0.25) is 19.2 Å². The van der Waals surface area contributed by atoms with E-state index in [0.29, 0.717) is 0 Å². The molecule has 11 heteroatoms. The summed E-state index contributed by atoms with van der Waals surface area (Å²) in [5.41, 5.74) is 10.6. The summed E-state index contributed by atoms with van der Waals surface area (Å²) in [6, 6.07) is -3.60. The molecule has 0 aromatic rings. The Morgan fingerprint density at radius 1 is 0.885 bits per heavy atom. The van der Waals surface area contributed by atoms with E-state index >= 15 is 0 Å². The highest BCUT2D eigenvalue weighted by molar-refractivity contribution is 5.92. The first-order chi connectivity index (χ1) is 12.0. The summed E-state index contributed by atoms with van der Waals surface area (Å²) in [7, 11) is 0. The maximum absolute atomic E-state index is 12.3. The summed E-state index contributed by atoms with van der Waals surface area (Å²) >= 11 is 0. The number of hydrogen-bond donors (Lipinski definition) is 6. The number of amides is 3.